The van der Waals surface area contributed by atoms with Gasteiger partial charge in [0.05, 0.1) is 10.2 Å². The van der Waals surface area contributed by atoms with Gasteiger partial charge in [-0.3, -0.25) is 9.89 Å². The molecule has 0 aliphatic heterocycles. The Hall–Kier alpha value is -1.96. The Morgan fingerprint density at radius 2 is 2.06 bits per heavy atom. The molecule has 18 heavy (non-hydrogen) atoms. The molecule has 0 aliphatic carbocycles. The van der Waals surface area contributed by atoms with Gasteiger partial charge in [0.25, 0.3) is 5.91 Å². The largest absolute Gasteiger partial charge is 0.382 e. The molecule has 2 rings (SSSR count). The quantitative estimate of drug-likeness (QED) is 0.743. The molecular formula is C10H7BrF2N4O. The summed E-state index contributed by atoms with van der Waals surface area (Å²) in [5.41, 5.74) is 5.25. The maximum Gasteiger partial charge on any atom is 0.273 e. The fraction of sp³-hybridized carbons (Fsp3) is 0. The number of halogens is 3. The van der Waals surface area contributed by atoms with Crippen LogP contribution < -0.4 is 11.1 Å². The first-order valence-electron chi connectivity index (χ1n) is 4.74. The third kappa shape index (κ3) is 2.48. The van der Waals surface area contributed by atoms with Crippen LogP contribution in [-0.4, -0.2) is 16.1 Å². The molecule has 0 bridgehead atoms. The first-order valence-corrected chi connectivity index (χ1v) is 5.53. The van der Waals surface area contributed by atoms with Crippen molar-refractivity contribution in [3.63, 3.8) is 0 Å². The number of aromatic amines is 1. The number of benzene rings is 1. The van der Waals surface area contributed by atoms with Crippen molar-refractivity contribution in [2.24, 2.45) is 0 Å². The summed E-state index contributed by atoms with van der Waals surface area (Å²) in [6, 6.07) is 3.09. The van der Waals surface area contributed by atoms with Gasteiger partial charge in [-0.1, -0.05) is 0 Å². The predicted molar refractivity (Wildman–Crippen MR) is 65.0 cm³/mol. The number of carbonyl (C=O) groups is 1. The number of nitrogens with two attached hydrogens (primary N) is 1. The molecule has 0 saturated carbocycles. The van der Waals surface area contributed by atoms with E-state index in [1.165, 1.54) is 6.07 Å². The van der Waals surface area contributed by atoms with Crippen LogP contribution in [0.2, 0.25) is 0 Å². The van der Waals surface area contributed by atoms with Gasteiger partial charge in [0.1, 0.15) is 23.1 Å². The lowest BCUT2D eigenvalue weighted by Gasteiger charge is -2.06. The van der Waals surface area contributed by atoms with Crippen LogP contribution in [0.15, 0.2) is 22.7 Å². The molecule has 0 saturated heterocycles. The van der Waals surface area contributed by atoms with Gasteiger partial charge in [-0.15, -0.1) is 0 Å². The van der Waals surface area contributed by atoms with Gasteiger partial charge in [-0.2, -0.15) is 5.10 Å². The summed E-state index contributed by atoms with van der Waals surface area (Å²) < 4.78 is 26.4. The SMILES string of the molecule is Nc1cc(C(=O)Nc2cc(Br)c(F)cc2F)[nH]n1. The molecule has 1 aromatic carbocycles. The Balaban J connectivity index is 2.24. The zero-order valence-electron chi connectivity index (χ0n) is 8.80. The van der Waals surface area contributed by atoms with Gasteiger partial charge in [0.15, 0.2) is 0 Å². The van der Waals surface area contributed by atoms with Crippen LogP contribution in [0.25, 0.3) is 0 Å². The van der Waals surface area contributed by atoms with E-state index < -0.39 is 17.5 Å². The number of nitrogen functional groups attached to an aromatic ring is 1. The number of nitrogens with one attached hydrogen (secondary N) is 2. The topological polar surface area (TPSA) is 83.8 Å². The third-order valence-corrected chi connectivity index (χ3v) is 2.71. The zero-order valence-corrected chi connectivity index (χ0v) is 10.4. The average molecular weight is 317 g/mol. The van der Waals surface area contributed by atoms with E-state index in [-0.39, 0.29) is 21.7 Å². The molecule has 0 unspecified atom stereocenters. The summed E-state index contributed by atoms with van der Waals surface area (Å²) in [5.74, 6) is -2.12. The summed E-state index contributed by atoms with van der Waals surface area (Å²) in [7, 11) is 0. The van der Waals surface area contributed by atoms with Crippen LogP contribution >= 0.6 is 15.9 Å². The molecular weight excluding hydrogens is 310 g/mol. The molecule has 0 radical (unpaired) electrons. The molecule has 1 aromatic heterocycles. The minimum absolute atomic E-state index is 0.0447. The second-order valence-electron chi connectivity index (χ2n) is 3.41. The molecule has 0 spiro atoms. The van der Waals surface area contributed by atoms with E-state index in [0.29, 0.717) is 6.07 Å². The summed E-state index contributed by atoms with van der Waals surface area (Å²) in [6.45, 7) is 0. The van der Waals surface area contributed by atoms with E-state index in [4.69, 9.17) is 5.73 Å². The molecule has 5 nitrogen and oxygen atoms in total. The standard InChI is InChI=1S/C10H7BrF2N4O/c11-4-1-7(6(13)2-5(4)12)15-10(18)8-3-9(14)17-16-8/h1-3H,(H,15,18)(H3,14,16,17). The second kappa shape index (κ2) is 4.73. The maximum atomic E-state index is 13.4. The number of amides is 1. The maximum absolute atomic E-state index is 13.4. The smallest absolute Gasteiger partial charge is 0.273 e. The van der Waals surface area contributed by atoms with Gasteiger partial charge in [-0.05, 0) is 22.0 Å². The van der Waals surface area contributed by atoms with Crippen molar-refractivity contribution in [1.82, 2.24) is 10.2 Å². The monoisotopic (exact) mass is 316 g/mol. The lowest BCUT2D eigenvalue weighted by Crippen LogP contribution is -2.13. The first-order chi connectivity index (χ1) is 8.47. The average Bonchev–Trinajstić information content (AvgIpc) is 2.73. The summed E-state index contributed by atoms with van der Waals surface area (Å²) >= 11 is 2.90. The van der Waals surface area contributed by atoms with Crippen molar-refractivity contribution in [3.05, 3.63) is 40.0 Å². The molecule has 4 N–H and O–H groups in total. The highest BCUT2D eigenvalue weighted by atomic mass is 79.9. The fourth-order valence-electron chi connectivity index (χ4n) is 1.26. The van der Waals surface area contributed by atoms with Gasteiger partial charge in [0.2, 0.25) is 0 Å². The van der Waals surface area contributed by atoms with Crippen molar-refractivity contribution < 1.29 is 13.6 Å². The lowest BCUT2D eigenvalue weighted by atomic mass is 10.3. The molecule has 1 amide bonds. The Bertz CT molecular complexity index is 614. The van der Waals surface area contributed by atoms with Gasteiger partial charge >= 0.3 is 0 Å². The fourth-order valence-corrected chi connectivity index (χ4v) is 1.60. The van der Waals surface area contributed by atoms with Crippen LogP contribution in [0.5, 0.6) is 0 Å². The molecule has 0 fully saturated rings. The lowest BCUT2D eigenvalue weighted by molar-refractivity contribution is 0.102. The summed E-state index contributed by atoms with van der Waals surface area (Å²) in [4.78, 5) is 11.7. The molecule has 94 valence electrons. The number of carbonyl (C=O) groups excluding carboxylic acids is 1. The molecule has 1 heterocycles. The van der Waals surface area contributed by atoms with E-state index in [0.717, 1.165) is 6.07 Å². The van der Waals surface area contributed by atoms with Crippen molar-refractivity contribution in [2.45, 2.75) is 0 Å². The Morgan fingerprint density at radius 3 is 2.67 bits per heavy atom. The highest BCUT2D eigenvalue weighted by Gasteiger charge is 2.13. The Morgan fingerprint density at radius 1 is 1.33 bits per heavy atom. The van der Waals surface area contributed by atoms with E-state index in [1.807, 2.05) is 0 Å². The summed E-state index contributed by atoms with van der Waals surface area (Å²) in [5, 5.41) is 8.21. The van der Waals surface area contributed by atoms with Crippen molar-refractivity contribution in [1.29, 1.82) is 0 Å². The molecule has 0 aliphatic rings. The minimum Gasteiger partial charge on any atom is -0.382 e. The predicted octanol–water partition coefficient (Wildman–Crippen LogP) is 2.28. The highest BCUT2D eigenvalue weighted by Crippen LogP contribution is 2.24. The van der Waals surface area contributed by atoms with Crippen LogP contribution in [0.3, 0.4) is 0 Å². The minimum atomic E-state index is -0.878. The van der Waals surface area contributed by atoms with E-state index in [2.05, 4.69) is 31.4 Å². The summed E-state index contributed by atoms with van der Waals surface area (Å²) in [6.07, 6.45) is 0. The van der Waals surface area contributed by atoms with Gasteiger partial charge < -0.3 is 11.1 Å². The Kier molecular flexibility index (Phi) is 3.28. The van der Waals surface area contributed by atoms with Crippen LogP contribution in [-0.2, 0) is 0 Å². The normalized spacial score (nSPS) is 10.4. The Labute approximate surface area is 109 Å². The number of H-pyrrole nitrogens is 1. The number of hydrogen-bond donors (Lipinski definition) is 3. The third-order valence-electron chi connectivity index (χ3n) is 2.10. The zero-order chi connectivity index (χ0) is 13.3. The van der Waals surface area contributed by atoms with E-state index in [1.54, 1.807) is 0 Å². The van der Waals surface area contributed by atoms with E-state index in [9.17, 15) is 13.6 Å². The number of hydrogen-bond acceptors (Lipinski definition) is 3. The van der Waals surface area contributed by atoms with Crippen molar-refractivity contribution in [2.75, 3.05) is 11.1 Å². The van der Waals surface area contributed by atoms with Crippen molar-refractivity contribution >= 4 is 33.3 Å². The molecule has 0 atom stereocenters. The van der Waals surface area contributed by atoms with E-state index >= 15 is 0 Å². The van der Waals surface area contributed by atoms with Crippen LogP contribution in [0.4, 0.5) is 20.3 Å². The molecule has 2 aromatic rings. The number of anilines is 2. The van der Waals surface area contributed by atoms with Gasteiger partial charge in [0, 0.05) is 12.1 Å². The first kappa shape index (κ1) is 12.5. The number of nitrogens with zero attached hydrogens (tertiary/aromatic N) is 1. The van der Waals surface area contributed by atoms with Crippen molar-refractivity contribution in [3.8, 4) is 0 Å². The number of aromatic nitrogens is 2. The number of rotatable bonds is 2. The molecule has 8 heteroatoms. The highest BCUT2D eigenvalue weighted by molar-refractivity contribution is 9.10. The van der Waals surface area contributed by atoms with Crippen LogP contribution in [0.1, 0.15) is 10.5 Å². The second-order valence-corrected chi connectivity index (χ2v) is 4.26. The van der Waals surface area contributed by atoms with Gasteiger partial charge in [-0.25, -0.2) is 8.78 Å². The van der Waals surface area contributed by atoms with Crippen LogP contribution in [0, 0.1) is 11.6 Å².